The molecule has 1 aliphatic carbocycles. The monoisotopic (exact) mass is 274 g/mol. The third kappa shape index (κ3) is 2.69. The van der Waals surface area contributed by atoms with E-state index in [1.165, 1.54) is 50.5 Å². The summed E-state index contributed by atoms with van der Waals surface area (Å²) in [6, 6.07) is 2.06. The van der Waals surface area contributed by atoms with Crippen molar-refractivity contribution < 1.29 is 5.11 Å². The third-order valence-electron chi connectivity index (χ3n) is 5.33. The fourth-order valence-electron chi connectivity index (χ4n) is 4.04. The molecule has 20 heavy (non-hydrogen) atoms. The summed E-state index contributed by atoms with van der Waals surface area (Å²) in [6.45, 7) is 4.47. The first-order valence-corrected chi connectivity index (χ1v) is 8.04. The molecule has 1 spiro atoms. The second kappa shape index (κ2) is 5.72. The maximum absolute atomic E-state index is 9.18. The molecule has 0 unspecified atom stereocenters. The van der Waals surface area contributed by atoms with Crippen molar-refractivity contribution in [2.24, 2.45) is 5.41 Å². The van der Waals surface area contributed by atoms with Crippen molar-refractivity contribution >= 4 is 5.82 Å². The van der Waals surface area contributed by atoms with Crippen molar-refractivity contribution in [1.29, 1.82) is 0 Å². The van der Waals surface area contributed by atoms with Gasteiger partial charge in [0.1, 0.15) is 5.82 Å². The summed E-state index contributed by atoms with van der Waals surface area (Å²) in [6.07, 6.45) is 11.7. The molecule has 1 aromatic heterocycles. The Bertz CT molecular complexity index is 456. The lowest BCUT2D eigenvalue weighted by Gasteiger charge is -2.45. The summed E-state index contributed by atoms with van der Waals surface area (Å²) in [5, 5.41) is 9.18. The molecule has 3 nitrogen and oxygen atoms in total. The fourth-order valence-corrected chi connectivity index (χ4v) is 4.04. The van der Waals surface area contributed by atoms with Gasteiger partial charge in [0.2, 0.25) is 0 Å². The Kier molecular flexibility index (Phi) is 3.97. The van der Waals surface area contributed by atoms with Gasteiger partial charge in [0.25, 0.3) is 0 Å². The van der Waals surface area contributed by atoms with Crippen LogP contribution in [-0.2, 0) is 6.61 Å². The van der Waals surface area contributed by atoms with E-state index < -0.39 is 0 Å². The van der Waals surface area contributed by atoms with Gasteiger partial charge >= 0.3 is 0 Å². The second-order valence-corrected chi connectivity index (χ2v) is 6.69. The molecule has 2 heterocycles. The lowest BCUT2D eigenvalue weighted by atomic mass is 9.68. The Balaban J connectivity index is 1.68. The minimum absolute atomic E-state index is 0.0806. The number of nitrogens with zero attached hydrogens (tertiary/aromatic N) is 2. The first-order valence-electron chi connectivity index (χ1n) is 8.04. The SMILES string of the molecule is Cc1cc(CO)cnc1N1CCC2(CCCCC2)CC1. The van der Waals surface area contributed by atoms with Crippen LogP contribution in [0.5, 0.6) is 0 Å². The summed E-state index contributed by atoms with van der Waals surface area (Å²) in [5.41, 5.74) is 2.75. The van der Waals surface area contributed by atoms with Crippen LogP contribution in [0.2, 0.25) is 0 Å². The summed E-state index contributed by atoms with van der Waals surface area (Å²) in [4.78, 5) is 7.01. The molecule has 1 N–H and O–H groups in total. The Hall–Kier alpha value is -1.09. The number of rotatable bonds is 2. The topological polar surface area (TPSA) is 36.4 Å². The quantitative estimate of drug-likeness (QED) is 0.897. The van der Waals surface area contributed by atoms with E-state index in [4.69, 9.17) is 0 Å². The summed E-state index contributed by atoms with van der Waals surface area (Å²) in [5.74, 6) is 1.12. The Labute approximate surface area is 122 Å². The number of hydrogen-bond donors (Lipinski definition) is 1. The van der Waals surface area contributed by atoms with Crippen LogP contribution in [0.4, 0.5) is 5.82 Å². The van der Waals surface area contributed by atoms with Crippen LogP contribution in [0.1, 0.15) is 56.1 Å². The predicted molar refractivity (Wildman–Crippen MR) is 81.9 cm³/mol. The highest BCUT2D eigenvalue weighted by Crippen LogP contribution is 2.45. The van der Waals surface area contributed by atoms with Gasteiger partial charge in [0.15, 0.2) is 0 Å². The molecule has 2 fully saturated rings. The molecule has 1 saturated heterocycles. The van der Waals surface area contributed by atoms with Crippen molar-refractivity contribution in [1.82, 2.24) is 4.98 Å². The van der Waals surface area contributed by atoms with E-state index >= 15 is 0 Å². The molecule has 0 aromatic carbocycles. The molecular formula is C17H26N2O. The fraction of sp³-hybridized carbons (Fsp3) is 0.706. The van der Waals surface area contributed by atoms with Gasteiger partial charge in [-0.15, -0.1) is 0 Å². The molecule has 0 atom stereocenters. The van der Waals surface area contributed by atoms with E-state index in [0.29, 0.717) is 5.41 Å². The molecule has 1 aliphatic heterocycles. The maximum Gasteiger partial charge on any atom is 0.131 e. The lowest BCUT2D eigenvalue weighted by Crippen LogP contribution is -2.41. The minimum atomic E-state index is 0.0806. The number of hydrogen-bond acceptors (Lipinski definition) is 3. The highest BCUT2D eigenvalue weighted by atomic mass is 16.3. The van der Waals surface area contributed by atoms with Gasteiger partial charge in [-0.05, 0) is 55.2 Å². The molecule has 0 bridgehead atoms. The number of piperidine rings is 1. The molecular weight excluding hydrogens is 248 g/mol. The average Bonchev–Trinajstić information content (AvgIpc) is 2.49. The highest BCUT2D eigenvalue weighted by molar-refractivity contribution is 5.47. The number of aliphatic hydroxyl groups is 1. The van der Waals surface area contributed by atoms with Crippen molar-refractivity contribution in [3.8, 4) is 0 Å². The largest absolute Gasteiger partial charge is 0.392 e. The van der Waals surface area contributed by atoms with Crippen LogP contribution >= 0.6 is 0 Å². The van der Waals surface area contributed by atoms with Crippen LogP contribution in [0.15, 0.2) is 12.3 Å². The van der Waals surface area contributed by atoms with Crippen LogP contribution < -0.4 is 4.90 Å². The molecule has 0 amide bonds. The van der Waals surface area contributed by atoms with Gasteiger partial charge in [-0.3, -0.25) is 0 Å². The van der Waals surface area contributed by atoms with Crippen molar-refractivity contribution in [2.75, 3.05) is 18.0 Å². The Morgan fingerprint density at radius 2 is 1.85 bits per heavy atom. The standard InChI is InChI=1S/C17H26N2O/c1-14-11-15(13-20)12-18-16(14)19-9-7-17(8-10-19)5-3-2-4-6-17/h11-12,20H,2-10,13H2,1H3. The maximum atomic E-state index is 9.18. The number of aryl methyl sites for hydroxylation is 1. The minimum Gasteiger partial charge on any atom is -0.392 e. The summed E-state index contributed by atoms with van der Waals surface area (Å²) in [7, 11) is 0. The third-order valence-corrected chi connectivity index (χ3v) is 5.33. The molecule has 1 aromatic rings. The lowest BCUT2D eigenvalue weighted by molar-refractivity contribution is 0.144. The van der Waals surface area contributed by atoms with Crippen molar-refractivity contribution in [3.05, 3.63) is 23.4 Å². The van der Waals surface area contributed by atoms with Crippen LogP contribution in [0.25, 0.3) is 0 Å². The van der Waals surface area contributed by atoms with E-state index in [1.807, 2.05) is 6.20 Å². The Morgan fingerprint density at radius 1 is 1.15 bits per heavy atom. The van der Waals surface area contributed by atoms with Crippen LogP contribution in [0.3, 0.4) is 0 Å². The zero-order chi connectivity index (χ0) is 14.0. The average molecular weight is 274 g/mol. The van der Waals surface area contributed by atoms with Gasteiger partial charge in [-0.25, -0.2) is 4.98 Å². The Morgan fingerprint density at radius 3 is 2.45 bits per heavy atom. The van der Waals surface area contributed by atoms with E-state index in [1.54, 1.807) is 0 Å². The highest BCUT2D eigenvalue weighted by Gasteiger charge is 2.35. The normalized spacial score (nSPS) is 22.2. The van der Waals surface area contributed by atoms with Gasteiger partial charge < -0.3 is 10.0 Å². The molecule has 2 aliphatic rings. The number of pyridine rings is 1. The number of aliphatic hydroxyl groups excluding tert-OH is 1. The molecule has 3 heteroatoms. The van der Waals surface area contributed by atoms with E-state index in [9.17, 15) is 5.11 Å². The molecule has 110 valence electrons. The summed E-state index contributed by atoms with van der Waals surface area (Å²) >= 11 is 0. The van der Waals surface area contributed by atoms with Crippen molar-refractivity contribution in [3.63, 3.8) is 0 Å². The van der Waals surface area contributed by atoms with Gasteiger partial charge in [0, 0.05) is 19.3 Å². The zero-order valence-corrected chi connectivity index (χ0v) is 12.6. The van der Waals surface area contributed by atoms with E-state index in [0.717, 1.165) is 24.5 Å². The van der Waals surface area contributed by atoms with Crippen LogP contribution in [0, 0.1) is 12.3 Å². The van der Waals surface area contributed by atoms with E-state index in [-0.39, 0.29) is 6.61 Å². The molecule has 0 radical (unpaired) electrons. The first kappa shape index (κ1) is 13.9. The zero-order valence-electron chi connectivity index (χ0n) is 12.6. The molecule has 3 rings (SSSR count). The summed E-state index contributed by atoms with van der Waals surface area (Å²) < 4.78 is 0. The number of anilines is 1. The van der Waals surface area contributed by atoms with Gasteiger partial charge in [0.05, 0.1) is 6.61 Å². The van der Waals surface area contributed by atoms with Gasteiger partial charge in [-0.1, -0.05) is 19.3 Å². The number of aromatic nitrogens is 1. The predicted octanol–water partition coefficient (Wildman–Crippen LogP) is 3.43. The van der Waals surface area contributed by atoms with Crippen LogP contribution in [-0.4, -0.2) is 23.2 Å². The molecule has 1 saturated carbocycles. The first-order chi connectivity index (χ1) is 9.72. The van der Waals surface area contributed by atoms with E-state index in [2.05, 4.69) is 22.9 Å². The van der Waals surface area contributed by atoms with Crippen molar-refractivity contribution in [2.45, 2.75) is 58.5 Å². The second-order valence-electron chi connectivity index (χ2n) is 6.69. The smallest absolute Gasteiger partial charge is 0.131 e. The van der Waals surface area contributed by atoms with Gasteiger partial charge in [-0.2, -0.15) is 0 Å².